The number of alkyl halides is 3. The van der Waals surface area contributed by atoms with E-state index >= 15 is 0 Å². The molecule has 1 atom stereocenters. The molecule has 0 spiro atoms. The molecule has 7 heteroatoms. The van der Waals surface area contributed by atoms with Crippen LogP contribution in [0.4, 0.5) is 19.1 Å². The highest BCUT2D eigenvalue weighted by atomic mass is 19.4. The predicted octanol–water partition coefficient (Wildman–Crippen LogP) is 0.755. The Balaban J connectivity index is 2.46. The summed E-state index contributed by atoms with van der Waals surface area (Å²) in [6.07, 6.45) is -3.94. The number of nitrogens with one attached hydrogen (secondary N) is 1. The maximum atomic E-state index is 11.9. The third kappa shape index (κ3) is 2.63. The molecule has 4 nitrogen and oxygen atoms in total. The van der Waals surface area contributed by atoms with E-state index in [1.54, 1.807) is 13.2 Å². The number of aryl methyl sites for hydroxylation is 1. The van der Waals surface area contributed by atoms with Crippen LogP contribution in [0.3, 0.4) is 0 Å². The fraction of sp³-hybridized carbons (Fsp3) is 0.571. The van der Waals surface area contributed by atoms with Crippen molar-refractivity contribution in [3.8, 4) is 0 Å². The number of rotatable bonds is 3. The van der Waals surface area contributed by atoms with Gasteiger partial charge in [-0.2, -0.15) is 13.2 Å². The van der Waals surface area contributed by atoms with Gasteiger partial charge in [0.25, 0.3) is 0 Å². The van der Waals surface area contributed by atoms with Crippen molar-refractivity contribution >= 4 is 5.95 Å². The van der Waals surface area contributed by atoms with Gasteiger partial charge in [0.1, 0.15) is 0 Å². The summed E-state index contributed by atoms with van der Waals surface area (Å²) in [6, 6.07) is 0. The molecule has 0 amide bonds. The SMILES string of the molecule is Cn1ccnc1NCC(O)C(F)(F)F. The van der Waals surface area contributed by atoms with Gasteiger partial charge in [-0.1, -0.05) is 0 Å². The highest BCUT2D eigenvalue weighted by Crippen LogP contribution is 2.19. The zero-order valence-corrected chi connectivity index (χ0v) is 7.41. The number of halogens is 3. The maximum Gasteiger partial charge on any atom is 0.416 e. The monoisotopic (exact) mass is 209 g/mol. The lowest BCUT2D eigenvalue weighted by atomic mass is 10.3. The van der Waals surface area contributed by atoms with Gasteiger partial charge in [0.15, 0.2) is 6.10 Å². The number of aromatic nitrogens is 2. The minimum atomic E-state index is -4.60. The highest BCUT2D eigenvalue weighted by Gasteiger charge is 2.37. The Hall–Kier alpha value is -1.24. The van der Waals surface area contributed by atoms with Gasteiger partial charge in [-0.15, -0.1) is 0 Å². The number of nitrogens with zero attached hydrogens (tertiary/aromatic N) is 2. The standard InChI is InChI=1S/C7H10F3N3O/c1-13-3-2-11-6(13)12-4-5(14)7(8,9)10/h2-3,5,14H,4H2,1H3,(H,11,12). The van der Waals surface area contributed by atoms with Crippen LogP contribution in [0.1, 0.15) is 0 Å². The van der Waals surface area contributed by atoms with E-state index in [0.717, 1.165) is 0 Å². The molecule has 0 saturated carbocycles. The summed E-state index contributed by atoms with van der Waals surface area (Å²) in [5.74, 6) is 0.285. The van der Waals surface area contributed by atoms with Crippen molar-refractivity contribution in [3.63, 3.8) is 0 Å². The van der Waals surface area contributed by atoms with Crippen molar-refractivity contribution in [2.45, 2.75) is 12.3 Å². The fourth-order valence-electron chi connectivity index (χ4n) is 0.840. The first kappa shape index (κ1) is 10.8. The molecule has 0 aliphatic rings. The molecule has 14 heavy (non-hydrogen) atoms. The first-order valence-corrected chi connectivity index (χ1v) is 3.87. The van der Waals surface area contributed by atoms with Crippen molar-refractivity contribution < 1.29 is 18.3 Å². The molecule has 1 aromatic rings. The number of aliphatic hydroxyl groups is 1. The van der Waals surface area contributed by atoms with Gasteiger partial charge in [0.05, 0.1) is 6.54 Å². The summed E-state index contributed by atoms with van der Waals surface area (Å²) in [6.45, 7) is -0.603. The first-order chi connectivity index (χ1) is 6.41. The van der Waals surface area contributed by atoms with Gasteiger partial charge in [-0.05, 0) is 0 Å². The molecule has 0 radical (unpaired) electrons. The smallest absolute Gasteiger partial charge is 0.382 e. The fourth-order valence-corrected chi connectivity index (χ4v) is 0.840. The van der Waals surface area contributed by atoms with E-state index in [0.29, 0.717) is 0 Å². The van der Waals surface area contributed by atoms with Crippen molar-refractivity contribution in [2.75, 3.05) is 11.9 Å². The van der Waals surface area contributed by atoms with Gasteiger partial charge in [0, 0.05) is 19.4 Å². The molecule has 80 valence electrons. The third-order valence-corrected chi connectivity index (χ3v) is 1.65. The van der Waals surface area contributed by atoms with Crippen LogP contribution in [0.15, 0.2) is 12.4 Å². The maximum absolute atomic E-state index is 11.9. The highest BCUT2D eigenvalue weighted by molar-refractivity contribution is 5.25. The third-order valence-electron chi connectivity index (χ3n) is 1.65. The number of aliphatic hydroxyl groups excluding tert-OH is 1. The van der Waals surface area contributed by atoms with Gasteiger partial charge in [0.2, 0.25) is 5.95 Å². The molecular formula is C7H10F3N3O. The molecule has 0 saturated heterocycles. The van der Waals surface area contributed by atoms with Crippen LogP contribution in [0.5, 0.6) is 0 Å². The molecule has 0 fully saturated rings. The topological polar surface area (TPSA) is 50.1 Å². The Kier molecular flexibility index (Phi) is 3.00. The molecule has 1 heterocycles. The molecule has 0 aliphatic heterocycles. The van der Waals surface area contributed by atoms with E-state index in [2.05, 4.69) is 10.3 Å². The average molecular weight is 209 g/mol. The average Bonchev–Trinajstić information content (AvgIpc) is 2.45. The van der Waals surface area contributed by atoms with Crippen molar-refractivity contribution in [2.24, 2.45) is 7.05 Å². The van der Waals surface area contributed by atoms with E-state index in [9.17, 15) is 13.2 Å². The lowest BCUT2D eigenvalue weighted by molar-refractivity contribution is -0.198. The summed E-state index contributed by atoms with van der Waals surface area (Å²) in [5, 5.41) is 11.0. The Morgan fingerprint density at radius 2 is 2.29 bits per heavy atom. The second kappa shape index (κ2) is 3.87. The molecule has 0 aromatic carbocycles. The molecule has 0 aliphatic carbocycles. The van der Waals surface area contributed by atoms with Crippen LogP contribution in [0.25, 0.3) is 0 Å². The summed E-state index contributed by atoms with van der Waals surface area (Å²) in [7, 11) is 1.63. The Morgan fingerprint density at radius 1 is 1.64 bits per heavy atom. The second-order valence-electron chi connectivity index (χ2n) is 2.80. The number of imidazole rings is 1. The molecule has 2 N–H and O–H groups in total. The van der Waals surface area contributed by atoms with Crippen molar-refractivity contribution in [3.05, 3.63) is 12.4 Å². The van der Waals surface area contributed by atoms with Crippen LogP contribution in [0, 0.1) is 0 Å². The van der Waals surface area contributed by atoms with Gasteiger partial charge in [-0.3, -0.25) is 0 Å². The number of hydrogen-bond acceptors (Lipinski definition) is 3. The number of anilines is 1. The van der Waals surface area contributed by atoms with Gasteiger partial charge >= 0.3 is 6.18 Å². The zero-order valence-electron chi connectivity index (χ0n) is 7.41. The minimum Gasteiger partial charge on any atom is -0.382 e. The van der Waals surface area contributed by atoms with E-state index in [1.807, 2.05) is 0 Å². The lowest BCUT2D eigenvalue weighted by Gasteiger charge is -2.15. The van der Waals surface area contributed by atoms with Crippen LogP contribution in [-0.4, -0.2) is 33.5 Å². The van der Waals surface area contributed by atoms with Crippen molar-refractivity contribution in [1.29, 1.82) is 0 Å². The molecular weight excluding hydrogens is 199 g/mol. The van der Waals surface area contributed by atoms with E-state index in [1.165, 1.54) is 10.8 Å². The Labute approximate surface area is 78.4 Å². The van der Waals surface area contributed by atoms with E-state index in [-0.39, 0.29) is 5.95 Å². The Bertz CT molecular complexity index is 297. The zero-order chi connectivity index (χ0) is 10.8. The summed E-state index contributed by atoms with van der Waals surface area (Å²) >= 11 is 0. The van der Waals surface area contributed by atoms with Crippen molar-refractivity contribution in [1.82, 2.24) is 9.55 Å². The summed E-state index contributed by atoms with van der Waals surface area (Å²) < 4.78 is 37.1. The predicted molar refractivity (Wildman–Crippen MR) is 43.8 cm³/mol. The second-order valence-corrected chi connectivity index (χ2v) is 2.80. The first-order valence-electron chi connectivity index (χ1n) is 3.87. The van der Waals surface area contributed by atoms with Crippen LogP contribution >= 0.6 is 0 Å². The number of hydrogen-bond donors (Lipinski definition) is 2. The lowest BCUT2D eigenvalue weighted by Crippen LogP contribution is -2.35. The van der Waals surface area contributed by atoms with E-state index in [4.69, 9.17) is 5.11 Å². The van der Waals surface area contributed by atoms with Crippen LogP contribution in [0.2, 0.25) is 0 Å². The molecule has 1 rings (SSSR count). The van der Waals surface area contributed by atoms with Crippen LogP contribution in [-0.2, 0) is 7.05 Å². The van der Waals surface area contributed by atoms with Gasteiger partial charge < -0.3 is 15.0 Å². The van der Waals surface area contributed by atoms with Gasteiger partial charge in [-0.25, -0.2) is 4.98 Å². The van der Waals surface area contributed by atoms with E-state index < -0.39 is 18.8 Å². The largest absolute Gasteiger partial charge is 0.416 e. The molecule has 1 aromatic heterocycles. The normalized spacial score (nSPS) is 14.1. The molecule has 0 bridgehead atoms. The summed E-state index contributed by atoms with van der Waals surface area (Å²) in [4.78, 5) is 3.74. The van der Waals surface area contributed by atoms with Crippen LogP contribution < -0.4 is 5.32 Å². The Morgan fingerprint density at radius 3 is 2.71 bits per heavy atom. The summed E-state index contributed by atoms with van der Waals surface area (Å²) in [5.41, 5.74) is 0. The minimum absolute atomic E-state index is 0.285. The quantitative estimate of drug-likeness (QED) is 0.772. The molecule has 1 unspecified atom stereocenters.